The number of carbonyl (C=O) groups is 2. The molecule has 0 radical (unpaired) electrons. The number of nitrogens with zero attached hydrogens (tertiary/aromatic N) is 3. The van der Waals surface area contributed by atoms with Gasteiger partial charge >= 0.3 is 5.97 Å². The highest BCUT2D eigenvalue weighted by Gasteiger charge is 2.37. The molecule has 1 aliphatic rings. The SMILES string of the molecule is CCOC(=O)c1nnn(CC2(C)COC2)c1C(=O)Nc1ccccc1. The van der Waals surface area contributed by atoms with Crippen LogP contribution in [-0.2, 0) is 16.0 Å². The number of para-hydroxylation sites is 1. The Kier molecular flexibility index (Phi) is 4.80. The molecule has 0 spiro atoms. The Morgan fingerprint density at radius 2 is 2.04 bits per heavy atom. The van der Waals surface area contributed by atoms with E-state index in [-0.39, 0.29) is 23.4 Å². The van der Waals surface area contributed by atoms with Crippen LogP contribution in [0.5, 0.6) is 0 Å². The van der Waals surface area contributed by atoms with Crippen LogP contribution in [-0.4, -0.2) is 46.7 Å². The fraction of sp³-hybridized carbons (Fsp3) is 0.412. The average molecular weight is 344 g/mol. The van der Waals surface area contributed by atoms with Crippen molar-refractivity contribution in [2.45, 2.75) is 20.4 Å². The summed E-state index contributed by atoms with van der Waals surface area (Å²) in [7, 11) is 0. The van der Waals surface area contributed by atoms with E-state index in [4.69, 9.17) is 9.47 Å². The van der Waals surface area contributed by atoms with Crippen molar-refractivity contribution in [2.24, 2.45) is 5.41 Å². The quantitative estimate of drug-likeness (QED) is 0.802. The topological polar surface area (TPSA) is 95.3 Å². The first-order chi connectivity index (χ1) is 12.0. The van der Waals surface area contributed by atoms with Gasteiger partial charge in [0, 0.05) is 11.1 Å². The first-order valence-corrected chi connectivity index (χ1v) is 8.07. The predicted molar refractivity (Wildman–Crippen MR) is 89.3 cm³/mol. The summed E-state index contributed by atoms with van der Waals surface area (Å²) in [6, 6.07) is 8.99. The number of esters is 1. The summed E-state index contributed by atoms with van der Waals surface area (Å²) in [6.07, 6.45) is 0. The fourth-order valence-corrected chi connectivity index (χ4v) is 2.60. The van der Waals surface area contributed by atoms with Gasteiger partial charge in [0.25, 0.3) is 5.91 Å². The van der Waals surface area contributed by atoms with E-state index >= 15 is 0 Å². The molecule has 8 nitrogen and oxygen atoms in total. The first-order valence-electron chi connectivity index (χ1n) is 8.07. The van der Waals surface area contributed by atoms with Crippen LogP contribution in [0.2, 0.25) is 0 Å². The van der Waals surface area contributed by atoms with Crippen LogP contribution in [0, 0.1) is 5.41 Å². The molecule has 1 aromatic carbocycles. The standard InChI is InChI=1S/C17H20N4O4/c1-3-25-16(23)13-14(15(22)18-12-7-5-4-6-8-12)21(20-19-13)9-17(2)10-24-11-17/h4-8H,3,9-11H2,1-2H3,(H,18,22). The smallest absolute Gasteiger partial charge is 0.361 e. The Morgan fingerprint density at radius 1 is 1.32 bits per heavy atom. The van der Waals surface area contributed by atoms with E-state index < -0.39 is 11.9 Å². The van der Waals surface area contributed by atoms with Gasteiger partial charge in [0.2, 0.25) is 5.69 Å². The highest BCUT2D eigenvalue weighted by atomic mass is 16.5. The van der Waals surface area contributed by atoms with Crippen LogP contribution in [0.1, 0.15) is 34.8 Å². The second kappa shape index (κ2) is 7.02. The Labute approximate surface area is 145 Å². The Bertz CT molecular complexity index is 768. The normalized spacial score (nSPS) is 15.3. The molecule has 2 heterocycles. The van der Waals surface area contributed by atoms with Crippen molar-refractivity contribution in [3.05, 3.63) is 41.7 Å². The van der Waals surface area contributed by atoms with Crippen molar-refractivity contribution < 1.29 is 19.1 Å². The zero-order valence-electron chi connectivity index (χ0n) is 14.2. The van der Waals surface area contributed by atoms with Crippen molar-refractivity contribution in [1.29, 1.82) is 0 Å². The molecule has 132 valence electrons. The van der Waals surface area contributed by atoms with Gasteiger partial charge in [-0.2, -0.15) is 0 Å². The number of hydrogen-bond acceptors (Lipinski definition) is 6. The molecular formula is C17H20N4O4. The third-order valence-electron chi connectivity index (χ3n) is 3.88. The molecule has 0 bridgehead atoms. The summed E-state index contributed by atoms with van der Waals surface area (Å²) in [5.74, 6) is -1.12. The Balaban J connectivity index is 1.91. The van der Waals surface area contributed by atoms with Gasteiger partial charge < -0.3 is 14.8 Å². The Hall–Kier alpha value is -2.74. The molecule has 1 aromatic heterocycles. The number of ether oxygens (including phenoxy) is 2. The van der Waals surface area contributed by atoms with E-state index in [2.05, 4.69) is 15.6 Å². The summed E-state index contributed by atoms with van der Waals surface area (Å²) in [5, 5.41) is 10.6. The lowest BCUT2D eigenvalue weighted by atomic mass is 9.89. The van der Waals surface area contributed by atoms with Crippen molar-refractivity contribution in [1.82, 2.24) is 15.0 Å². The third kappa shape index (κ3) is 3.69. The largest absolute Gasteiger partial charge is 0.461 e. The van der Waals surface area contributed by atoms with E-state index in [9.17, 15) is 9.59 Å². The van der Waals surface area contributed by atoms with Gasteiger partial charge in [0.05, 0.1) is 26.4 Å². The number of amides is 1. The first kappa shape index (κ1) is 17.1. The number of aromatic nitrogens is 3. The summed E-state index contributed by atoms with van der Waals surface area (Å²) in [4.78, 5) is 24.9. The monoisotopic (exact) mass is 344 g/mol. The maximum atomic E-state index is 12.8. The van der Waals surface area contributed by atoms with Gasteiger partial charge in [-0.25, -0.2) is 9.48 Å². The number of rotatable bonds is 6. The van der Waals surface area contributed by atoms with Crippen molar-refractivity contribution in [3.63, 3.8) is 0 Å². The van der Waals surface area contributed by atoms with Crippen LogP contribution < -0.4 is 5.32 Å². The second-order valence-electron chi connectivity index (χ2n) is 6.29. The average Bonchev–Trinajstić information content (AvgIpc) is 2.98. The van der Waals surface area contributed by atoms with Gasteiger partial charge in [0.1, 0.15) is 0 Å². The number of hydrogen-bond donors (Lipinski definition) is 1. The molecule has 1 saturated heterocycles. The minimum absolute atomic E-state index is 0.0841. The molecule has 3 rings (SSSR count). The predicted octanol–water partition coefficient (Wildman–Crippen LogP) is 1.74. The molecule has 0 atom stereocenters. The molecule has 8 heteroatoms. The van der Waals surface area contributed by atoms with Crippen molar-refractivity contribution in [3.8, 4) is 0 Å². The van der Waals surface area contributed by atoms with Crippen LogP contribution >= 0.6 is 0 Å². The van der Waals surface area contributed by atoms with Crippen LogP contribution in [0.25, 0.3) is 0 Å². The number of anilines is 1. The number of benzene rings is 1. The molecule has 1 N–H and O–H groups in total. The molecule has 1 fully saturated rings. The lowest BCUT2D eigenvalue weighted by Crippen LogP contribution is -2.44. The van der Waals surface area contributed by atoms with E-state index in [0.717, 1.165) is 0 Å². The van der Waals surface area contributed by atoms with Gasteiger partial charge in [-0.05, 0) is 19.1 Å². The summed E-state index contributed by atoms with van der Waals surface area (Å²) in [6.45, 7) is 5.48. The Morgan fingerprint density at radius 3 is 2.64 bits per heavy atom. The zero-order valence-corrected chi connectivity index (χ0v) is 14.2. The van der Waals surface area contributed by atoms with Crippen molar-refractivity contribution in [2.75, 3.05) is 25.1 Å². The lowest BCUT2D eigenvalue weighted by molar-refractivity contribution is -0.111. The van der Waals surface area contributed by atoms with Crippen LogP contribution in [0.3, 0.4) is 0 Å². The molecule has 2 aromatic rings. The third-order valence-corrected chi connectivity index (χ3v) is 3.88. The van der Waals surface area contributed by atoms with E-state index in [1.807, 2.05) is 25.1 Å². The minimum Gasteiger partial charge on any atom is -0.461 e. The minimum atomic E-state index is -0.665. The summed E-state index contributed by atoms with van der Waals surface area (Å²) < 4.78 is 11.7. The summed E-state index contributed by atoms with van der Waals surface area (Å²) in [5.41, 5.74) is 0.490. The van der Waals surface area contributed by atoms with E-state index in [1.165, 1.54) is 4.68 Å². The molecular weight excluding hydrogens is 324 g/mol. The molecule has 1 amide bonds. The van der Waals surface area contributed by atoms with E-state index in [1.54, 1.807) is 19.1 Å². The molecule has 25 heavy (non-hydrogen) atoms. The van der Waals surface area contributed by atoms with Crippen LogP contribution in [0.15, 0.2) is 30.3 Å². The number of carbonyl (C=O) groups excluding carboxylic acids is 2. The van der Waals surface area contributed by atoms with Gasteiger partial charge in [0.15, 0.2) is 5.69 Å². The molecule has 0 saturated carbocycles. The number of nitrogens with one attached hydrogen (secondary N) is 1. The van der Waals surface area contributed by atoms with E-state index in [0.29, 0.717) is 25.4 Å². The fourth-order valence-electron chi connectivity index (χ4n) is 2.60. The summed E-state index contributed by atoms with van der Waals surface area (Å²) >= 11 is 0. The lowest BCUT2D eigenvalue weighted by Gasteiger charge is -2.37. The maximum Gasteiger partial charge on any atom is 0.361 e. The molecule has 0 unspecified atom stereocenters. The van der Waals surface area contributed by atoms with Crippen LogP contribution in [0.4, 0.5) is 5.69 Å². The maximum absolute atomic E-state index is 12.8. The van der Waals surface area contributed by atoms with Crippen molar-refractivity contribution >= 4 is 17.6 Å². The van der Waals surface area contributed by atoms with Gasteiger partial charge in [-0.15, -0.1) is 5.10 Å². The molecule has 1 aliphatic heterocycles. The molecule has 0 aliphatic carbocycles. The zero-order chi connectivity index (χ0) is 17.9. The highest BCUT2D eigenvalue weighted by molar-refractivity contribution is 6.09. The highest BCUT2D eigenvalue weighted by Crippen LogP contribution is 2.29. The van der Waals surface area contributed by atoms with Gasteiger partial charge in [-0.1, -0.05) is 30.3 Å². The van der Waals surface area contributed by atoms with Gasteiger partial charge in [-0.3, -0.25) is 4.79 Å². The second-order valence-corrected chi connectivity index (χ2v) is 6.29.